The molecule has 3 nitrogen and oxygen atoms in total. The number of aryl methyl sites for hydroxylation is 1. The number of aliphatic hydroxyl groups excluding tert-OH is 1. The van der Waals surface area contributed by atoms with E-state index in [4.69, 9.17) is 0 Å². The molecule has 4 heteroatoms. The normalized spacial score (nSPS) is 12.7. The van der Waals surface area contributed by atoms with Gasteiger partial charge in [0.05, 0.1) is 6.10 Å². The average Bonchev–Trinajstić information content (AvgIpc) is 2.74. The van der Waals surface area contributed by atoms with Crippen LogP contribution >= 0.6 is 0 Å². The lowest BCUT2D eigenvalue weighted by atomic mass is 10.0. The van der Waals surface area contributed by atoms with Crippen molar-refractivity contribution in [2.24, 2.45) is 0 Å². The van der Waals surface area contributed by atoms with Gasteiger partial charge in [0, 0.05) is 18.8 Å². The highest BCUT2D eigenvalue weighted by atomic mass is 19.1. The highest BCUT2D eigenvalue weighted by Gasteiger charge is 2.11. The molecule has 0 amide bonds. The molecule has 2 rings (SSSR count). The Hall–Kier alpha value is -1.68. The molecule has 0 spiro atoms. The van der Waals surface area contributed by atoms with Crippen molar-refractivity contribution in [2.75, 3.05) is 0 Å². The molecule has 0 fully saturated rings. The fraction of sp³-hybridized carbons (Fsp3) is 0.250. The van der Waals surface area contributed by atoms with Gasteiger partial charge in [0.2, 0.25) is 0 Å². The van der Waals surface area contributed by atoms with Gasteiger partial charge in [0.25, 0.3) is 0 Å². The first-order valence-corrected chi connectivity index (χ1v) is 5.09. The van der Waals surface area contributed by atoms with Gasteiger partial charge in [-0.15, -0.1) is 0 Å². The highest BCUT2D eigenvalue weighted by Crippen LogP contribution is 2.19. The van der Waals surface area contributed by atoms with E-state index in [9.17, 15) is 9.50 Å². The van der Waals surface area contributed by atoms with Crippen molar-refractivity contribution in [1.82, 2.24) is 9.97 Å². The molecule has 2 aromatic rings. The van der Waals surface area contributed by atoms with Gasteiger partial charge in [-0.1, -0.05) is 12.1 Å². The van der Waals surface area contributed by atoms with Gasteiger partial charge >= 0.3 is 0 Å². The lowest BCUT2D eigenvalue weighted by Gasteiger charge is -2.10. The van der Waals surface area contributed by atoms with E-state index < -0.39 is 6.10 Å². The van der Waals surface area contributed by atoms with Crippen LogP contribution in [0.25, 0.3) is 0 Å². The molecule has 1 aromatic heterocycles. The fourth-order valence-electron chi connectivity index (χ4n) is 1.53. The molecule has 0 aliphatic carbocycles. The van der Waals surface area contributed by atoms with Crippen LogP contribution in [-0.2, 0) is 6.42 Å². The summed E-state index contributed by atoms with van der Waals surface area (Å²) in [6, 6.07) is 4.75. The first-order valence-electron chi connectivity index (χ1n) is 5.09. The molecule has 0 bridgehead atoms. The van der Waals surface area contributed by atoms with Gasteiger partial charge in [0.1, 0.15) is 11.6 Å². The molecule has 0 saturated heterocycles. The summed E-state index contributed by atoms with van der Waals surface area (Å²) in [5, 5.41) is 9.88. The molecule has 0 aliphatic heterocycles. The molecule has 16 heavy (non-hydrogen) atoms. The number of aliphatic hydroxyl groups is 1. The first kappa shape index (κ1) is 10.8. The molecule has 0 saturated carbocycles. The summed E-state index contributed by atoms with van der Waals surface area (Å²) in [7, 11) is 0. The van der Waals surface area contributed by atoms with Crippen LogP contribution in [0.3, 0.4) is 0 Å². The second-order valence-corrected chi connectivity index (χ2v) is 3.76. The van der Waals surface area contributed by atoms with Crippen LogP contribution in [-0.4, -0.2) is 15.1 Å². The van der Waals surface area contributed by atoms with Gasteiger partial charge in [-0.2, -0.15) is 0 Å². The molecule has 0 aliphatic rings. The number of hydrogen-bond donors (Lipinski definition) is 2. The smallest absolute Gasteiger partial charge is 0.126 e. The standard InChI is InChI=1S/C12H13FN2O/c1-8-2-3-9(6-10(8)13)11(16)7-12-14-4-5-15-12/h2-6,11,16H,7H2,1H3,(H,14,15). The maximum atomic E-state index is 13.3. The van der Waals surface area contributed by atoms with Gasteiger partial charge in [-0.05, 0) is 24.1 Å². The number of aromatic nitrogens is 2. The third-order valence-electron chi connectivity index (χ3n) is 2.52. The average molecular weight is 220 g/mol. The third kappa shape index (κ3) is 2.28. The maximum absolute atomic E-state index is 13.3. The Morgan fingerprint density at radius 2 is 2.31 bits per heavy atom. The number of halogens is 1. The summed E-state index contributed by atoms with van der Waals surface area (Å²) in [5.74, 6) is 0.393. The van der Waals surface area contributed by atoms with Gasteiger partial charge in [0.15, 0.2) is 0 Å². The Bertz CT molecular complexity index is 468. The second-order valence-electron chi connectivity index (χ2n) is 3.76. The summed E-state index contributed by atoms with van der Waals surface area (Å²) in [6.07, 6.45) is 2.94. The van der Waals surface area contributed by atoms with E-state index >= 15 is 0 Å². The summed E-state index contributed by atoms with van der Waals surface area (Å²) in [4.78, 5) is 6.91. The van der Waals surface area contributed by atoms with Crippen LogP contribution in [0.15, 0.2) is 30.6 Å². The van der Waals surface area contributed by atoms with Crippen LogP contribution in [0.5, 0.6) is 0 Å². The zero-order chi connectivity index (χ0) is 11.5. The monoisotopic (exact) mass is 220 g/mol. The Balaban J connectivity index is 2.14. The molecule has 2 N–H and O–H groups in total. The molecular formula is C12H13FN2O. The quantitative estimate of drug-likeness (QED) is 0.832. The third-order valence-corrected chi connectivity index (χ3v) is 2.52. The summed E-state index contributed by atoms with van der Waals surface area (Å²) < 4.78 is 13.3. The molecule has 0 radical (unpaired) electrons. The number of H-pyrrole nitrogens is 1. The summed E-state index contributed by atoms with van der Waals surface area (Å²) >= 11 is 0. The van der Waals surface area contributed by atoms with E-state index in [1.165, 1.54) is 6.07 Å². The zero-order valence-corrected chi connectivity index (χ0v) is 8.94. The second kappa shape index (κ2) is 4.45. The van der Waals surface area contributed by atoms with Crippen molar-refractivity contribution >= 4 is 0 Å². The molecule has 1 heterocycles. The lowest BCUT2D eigenvalue weighted by Crippen LogP contribution is -2.04. The predicted molar refractivity (Wildman–Crippen MR) is 58.4 cm³/mol. The van der Waals surface area contributed by atoms with Crippen LogP contribution < -0.4 is 0 Å². The van der Waals surface area contributed by atoms with Gasteiger partial charge in [-0.25, -0.2) is 9.37 Å². The number of benzene rings is 1. The fourth-order valence-corrected chi connectivity index (χ4v) is 1.53. The van der Waals surface area contributed by atoms with Crippen molar-refractivity contribution in [3.63, 3.8) is 0 Å². The highest BCUT2D eigenvalue weighted by molar-refractivity contribution is 5.25. The number of hydrogen-bond acceptors (Lipinski definition) is 2. The van der Waals surface area contributed by atoms with Crippen LogP contribution in [0.4, 0.5) is 4.39 Å². The molecular weight excluding hydrogens is 207 g/mol. The SMILES string of the molecule is Cc1ccc(C(O)Cc2ncc[nH]2)cc1F. The largest absolute Gasteiger partial charge is 0.388 e. The van der Waals surface area contributed by atoms with E-state index in [-0.39, 0.29) is 5.82 Å². The van der Waals surface area contributed by atoms with Crippen LogP contribution in [0, 0.1) is 12.7 Å². The Morgan fingerprint density at radius 3 is 2.94 bits per heavy atom. The number of nitrogens with one attached hydrogen (secondary N) is 1. The number of rotatable bonds is 3. The Labute approximate surface area is 93.0 Å². The molecule has 1 aromatic carbocycles. The number of imidazole rings is 1. The minimum absolute atomic E-state index is 0.295. The van der Waals surface area contributed by atoms with Gasteiger partial charge in [-0.3, -0.25) is 0 Å². The van der Waals surface area contributed by atoms with Crippen molar-refractivity contribution in [3.8, 4) is 0 Å². The van der Waals surface area contributed by atoms with Crippen molar-refractivity contribution in [3.05, 3.63) is 53.4 Å². The number of aromatic amines is 1. The van der Waals surface area contributed by atoms with Crippen LogP contribution in [0.1, 0.15) is 23.1 Å². The molecule has 1 unspecified atom stereocenters. The van der Waals surface area contributed by atoms with E-state index in [0.29, 0.717) is 23.4 Å². The molecule has 1 atom stereocenters. The van der Waals surface area contributed by atoms with E-state index in [0.717, 1.165) is 0 Å². The van der Waals surface area contributed by atoms with E-state index in [1.54, 1.807) is 31.5 Å². The van der Waals surface area contributed by atoms with Crippen LogP contribution in [0.2, 0.25) is 0 Å². The molecule has 84 valence electrons. The van der Waals surface area contributed by atoms with Crippen molar-refractivity contribution < 1.29 is 9.50 Å². The lowest BCUT2D eigenvalue weighted by molar-refractivity contribution is 0.175. The number of nitrogens with zero attached hydrogens (tertiary/aromatic N) is 1. The van der Waals surface area contributed by atoms with Crippen molar-refractivity contribution in [2.45, 2.75) is 19.4 Å². The van der Waals surface area contributed by atoms with E-state index in [2.05, 4.69) is 9.97 Å². The zero-order valence-electron chi connectivity index (χ0n) is 8.94. The summed E-state index contributed by atoms with van der Waals surface area (Å²) in [6.45, 7) is 1.69. The van der Waals surface area contributed by atoms with Gasteiger partial charge < -0.3 is 10.1 Å². The topological polar surface area (TPSA) is 48.9 Å². The Morgan fingerprint density at radius 1 is 1.50 bits per heavy atom. The summed E-state index contributed by atoms with van der Waals surface area (Å²) in [5.41, 5.74) is 1.15. The minimum atomic E-state index is -0.735. The first-order chi connectivity index (χ1) is 7.66. The predicted octanol–water partition coefficient (Wildman–Crippen LogP) is 2.13. The van der Waals surface area contributed by atoms with Crippen molar-refractivity contribution in [1.29, 1.82) is 0 Å². The minimum Gasteiger partial charge on any atom is -0.388 e. The Kier molecular flexibility index (Phi) is 3.01. The van der Waals surface area contributed by atoms with E-state index in [1.807, 2.05) is 0 Å². The maximum Gasteiger partial charge on any atom is 0.126 e.